The van der Waals surface area contributed by atoms with Gasteiger partial charge in [-0.2, -0.15) is 0 Å². The van der Waals surface area contributed by atoms with Crippen LogP contribution in [0.3, 0.4) is 0 Å². The lowest BCUT2D eigenvalue weighted by Gasteiger charge is -2.09. The van der Waals surface area contributed by atoms with Gasteiger partial charge in [-0.05, 0) is 35.7 Å². The first-order valence-corrected chi connectivity index (χ1v) is 6.55. The third-order valence-corrected chi connectivity index (χ3v) is 3.00. The minimum absolute atomic E-state index is 0.483. The fourth-order valence-corrected chi connectivity index (χ4v) is 1.81. The maximum absolute atomic E-state index is 5.74. The average Bonchev–Trinajstić information content (AvgIpc) is 2.46. The van der Waals surface area contributed by atoms with E-state index in [9.17, 15) is 0 Å². The van der Waals surface area contributed by atoms with Gasteiger partial charge in [0.25, 0.3) is 0 Å². The molecule has 2 rings (SSSR count). The van der Waals surface area contributed by atoms with E-state index >= 15 is 0 Å². The number of pyridine rings is 1. The van der Waals surface area contributed by atoms with Gasteiger partial charge in [0.05, 0.1) is 5.69 Å². The van der Waals surface area contributed by atoms with Gasteiger partial charge in [0, 0.05) is 7.05 Å². The van der Waals surface area contributed by atoms with Crippen LogP contribution >= 0.6 is 0 Å². The standard InChI is InChI=1S/C16H20N2O/c1-12(2)13-7-9-15(10-8-13)19-11-14-5-4-6-16(17-3)18-14/h4-10,12H,11H2,1-3H3,(H,17,18). The Bertz CT molecular complexity index is 521. The minimum atomic E-state index is 0.483. The molecule has 0 aliphatic rings. The monoisotopic (exact) mass is 256 g/mol. The molecule has 0 fully saturated rings. The molecule has 100 valence electrons. The number of hydrogen-bond acceptors (Lipinski definition) is 3. The van der Waals surface area contributed by atoms with Crippen molar-refractivity contribution in [2.75, 3.05) is 12.4 Å². The van der Waals surface area contributed by atoms with Crippen LogP contribution in [0.4, 0.5) is 5.82 Å². The van der Waals surface area contributed by atoms with Crippen molar-refractivity contribution in [1.82, 2.24) is 4.98 Å². The summed E-state index contributed by atoms with van der Waals surface area (Å²) in [5.41, 5.74) is 2.24. The lowest BCUT2D eigenvalue weighted by atomic mass is 10.0. The molecule has 0 radical (unpaired) electrons. The Hall–Kier alpha value is -2.03. The van der Waals surface area contributed by atoms with Crippen LogP contribution in [0.2, 0.25) is 0 Å². The summed E-state index contributed by atoms with van der Waals surface area (Å²) in [6.45, 7) is 4.85. The summed E-state index contributed by atoms with van der Waals surface area (Å²) in [7, 11) is 1.86. The summed E-state index contributed by atoms with van der Waals surface area (Å²) in [6, 6.07) is 14.1. The second-order valence-electron chi connectivity index (χ2n) is 4.78. The first-order valence-electron chi connectivity index (χ1n) is 6.55. The van der Waals surface area contributed by atoms with Crippen molar-refractivity contribution in [2.24, 2.45) is 0 Å². The van der Waals surface area contributed by atoms with E-state index < -0.39 is 0 Å². The highest BCUT2D eigenvalue weighted by atomic mass is 16.5. The number of hydrogen-bond donors (Lipinski definition) is 1. The van der Waals surface area contributed by atoms with Crippen LogP contribution in [0.15, 0.2) is 42.5 Å². The van der Waals surface area contributed by atoms with E-state index in [1.165, 1.54) is 5.56 Å². The predicted octanol–water partition coefficient (Wildman–Crippen LogP) is 3.83. The van der Waals surface area contributed by atoms with Crippen LogP contribution in [0, 0.1) is 0 Å². The molecule has 19 heavy (non-hydrogen) atoms. The van der Waals surface area contributed by atoms with Crippen molar-refractivity contribution in [1.29, 1.82) is 0 Å². The van der Waals surface area contributed by atoms with E-state index in [0.29, 0.717) is 12.5 Å². The van der Waals surface area contributed by atoms with E-state index in [2.05, 4.69) is 36.3 Å². The Morgan fingerprint density at radius 1 is 1.11 bits per heavy atom. The van der Waals surface area contributed by atoms with Crippen molar-refractivity contribution in [3.63, 3.8) is 0 Å². The molecule has 1 N–H and O–H groups in total. The van der Waals surface area contributed by atoms with Crippen LogP contribution < -0.4 is 10.1 Å². The average molecular weight is 256 g/mol. The molecule has 0 atom stereocenters. The third kappa shape index (κ3) is 3.71. The highest BCUT2D eigenvalue weighted by Gasteiger charge is 2.01. The summed E-state index contributed by atoms with van der Waals surface area (Å²) in [5, 5.41) is 3.02. The van der Waals surface area contributed by atoms with Gasteiger partial charge in [0.2, 0.25) is 0 Å². The molecular formula is C16H20N2O. The summed E-state index contributed by atoms with van der Waals surface area (Å²) in [6.07, 6.45) is 0. The normalized spacial score (nSPS) is 10.5. The van der Waals surface area contributed by atoms with E-state index in [-0.39, 0.29) is 0 Å². The zero-order chi connectivity index (χ0) is 13.7. The maximum Gasteiger partial charge on any atom is 0.130 e. The highest BCUT2D eigenvalue weighted by Crippen LogP contribution is 2.19. The number of rotatable bonds is 5. The summed E-state index contributed by atoms with van der Waals surface area (Å²) in [5.74, 6) is 2.28. The van der Waals surface area contributed by atoms with Crippen molar-refractivity contribution >= 4 is 5.82 Å². The summed E-state index contributed by atoms with van der Waals surface area (Å²) in [4.78, 5) is 4.42. The molecule has 2 aromatic rings. The molecule has 0 spiro atoms. The third-order valence-electron chi connectivity index (χ3n) is 3.00. The molecule has 3 heteroatoms. The van der Waals surface area contributed by atoms with Crippen LogP contribution in [0.25, 0.3) is 0 Å². The molecule has 0 bridgehead atoms. The molecule has 1 aromatic heterocycles. The van der Waals surface area contributed by atoms with Crippen LogP contribution in [0.1, 0.15) is 31.0 Å². The molecule has 0 saturated heterocycles. The summed E-state index contributed by atoms with van der Waals surface area (Å²) >= 11 is 0. The summed E-state index contributed by atoms with van der Waals surface area (Å²) < 4.78 is 5.74. The maximum atomic E-state index is 5.74. The molecule has 0 amide bonds. The number of benzene rings is 1. The number of nitrogens with one attached hydrogen (secondary N) is 1. The van der Waals surface area contributed by atoms with Crippen molar-refractivity contribution < 1.29 is 4.74 Å². The van der Waals surface area contributed by atoms with Gasteiger partial charge >= 0.3 is 0 Å². The van der Waals surface area contributed by atoms with Gasteiger partial charge in [-0.15, -0.1) is 0 Å². The van der Waals surface area contributed by atoms with Crippen molar-refractivity contribution in [3.05, 3.63) is 53.7 Å². The topological polar surface area (TPSA) is 34.1 Å². The van der Waals surface area contributed by atoms with E-state index in [1.54, 1.807) is 0 Å². The Morgan fingerprint density at radius 3 is 2.47 bits per heavy atom. The van der Waals surface area contributed by atoms with Gasteiger partial charge in [-0.1, -0.05) is 32.0 Å². The largest absolute Gasteiger partial charge is 0.487 e. The fourth-order valence-electron chi connectivity index (χ4n) is 1.81. The zero-order valence-corrected chi connectivity index (χ0v) is 11.7. The molecule has 0 aliphatic carbocycles. The number of anilines is 1. The SMILES string of the molecule is CNc1cccc(COc2ccc(C(C)C)cc2)n1. The molecule has 0 saturated carbocycles. The Kier molecular flexibility index (Phi) is 4.39. The number of nitrogens with zero attached hydrogens (tertiary/aromatic N) is 1. The Morgan fingerprint density at radius 2 is 1.84 bits per heavy atom. The molecule has 3 nitrogen and oxygen atoms in total. The number of aromatic nitrogens is 1. The lowest BCUT2D eigenvalue weighted by Crippen LogP contribution is -2.01. The first kappa shape index (κ1) is 13.4. The van der Waals surface area contributed by atoms with Crippen molar-refractivity contribution in [2.45, 2.75) is 26.4 Å². The van der Waals surface area contributed by atoms with Crippen molar-refractivity contribution in [3.8, 4) is 5.75 Å². The van der Waals surface area contributed by atoms with Gasteiger partial charge < -0.3 is 10.1 Å². The van der Waals surface area contributed by atoms with Crippen LogP contribution in [-0.4, -0.2) is 12.0 Å². The quantitative estimate of drug-likeness (QED) is 0.883. The Labute approximate surface area is 114 Å². The minimum Gasteiger partial charge on any atom is -0.487 e. The van der Waals surface area contributed by atoms with Gasteiger partial charge in [0.1, 0.15) is 18.2 Å². The molecule has 0 unspecified atom stereocenters. The Balaban J connectivity index is 1.98. The van der Waals surface area contributed by atoms with Gasteiger partial charge in [0.15, 0.2) is 0 Å². The zero-order valence-electron chi connectivity index (χ0n) is 11.7. The molecule has 1 heterocycles. The van der Waals surface area contributed by atoms with Crippen LogP contribution in [-0.2, 0) is 6.61 Å². The van der Waals surface area contributed by atoms with Gasteiger partial charge in [-0.3, -0.25) is 0 Å². The lowest BCUT2D eigenvalue weighted by molar-refractivity contribution is 0.301. The van der Waals surface area contributed by atoms with Gasteiger partial charge in [-0.25, -0.2) is 4.98 Å². The molecule has 1 aromatic carbocycles. The molecular weight excluding hydrogens is 236 g/mol. The van der Waals surface area contributed by atoms with E-state index in [1.807, 2.05) is 37.4 Å². The second-order valence-corrected chi connectivity index (χ2v) is 4.78. The molecule has 0 aliphatic heterocycles. The highest BCUT2D eigenvalue weighted by molar-refractivity contribution is 5.34. The van der Waals surface area contributed by atoms with Crippen LogP contribution in [0.5, 0.6) is 5.75 Å². The smallest absolute Gasteiger partial charge is 0.130 e. The fraction of sp³-hybridized carbons (Fsp3) is 0.312. The van der Waals surface area contributed by atoms with E-state index in [4.69, 9.17) is 4.74 Å². The predicted molar refractivity (Wildman–Crippen MR) is 78.6 cm³/mol. The van der Waals surface area contributed by atoms with E-state index in [0.717, 1.165) is 17.3 Å². The number of ether oxygens (including phenoxy) is 1. The second kappa shape index (κ2) is 6.23. The first-order chi connectivity index (χ1) is 9.19.